The van der Waals surface area contributed by atoms with Gasteiger partial charge >= 0.3 is 0 Å². The minimum absolute atomic E-state index is 1.11. The quantitative estimate of drug-likeness (QED) is 0.501. The largest absolute Gasteiger partial charge is 0.358 e. The summed E-state index contributed by atoms with van der Waals surface area (Å²) in [5.41, 5.74) is 3.74. The van der Waals surface area contributed by atoms with E-state index in [4.69, 9.17) is 12.2 Å². The van der Waals surface area contributed by atoms with Crippen molar-refractivity contribution in [2.75, 3.05) is 0 Å². The van der Waals surface area contributed by atoms with Crippen LogP contribution in [0.2, 0.25) is 0 Å². The molecular weight excluding hydrogens is 250 g/mol. The average Bonchev–Trinajstić information content (AvgIpc) is 2.80. The van der Waals surface area contributed by atoms with Crippen molar-refractivity contribution >= 4 is 28.5 Å². The molecule has 0 saturated carbocycles. The molecule has 0 aliphatic rings. The van der Waals surface area contributed by atoms with Crippen LogP contribution in [0.15, 0.2) is 24.3 Å². The first-order valence-electron chi connectivity index (χ1n) is 7.41. The number of nitrogens with one attached hydrogen (secondary N) is 1. The Labute approximate surface area is 121 Å². The maximum absolute atomic E-state index is 5.18. The zero-order chi connectivity index (χ0) is 13.5. The SMILES string of the molecule is CCCCCCCCc1[nH]c2ccccc2c1C=S. The number of benzene rings is 1. The number of aromatic amines is 1. The lowest BCUT2D eigenvalue weighted by Gasteiger charge is -2.01. The van der Waals surface area contributed by atoms with Crippen molar-refractivity contribution in [3.63, 3.8) is 0 Å². The van der Waals surface area contributed by atoms with E-state index in [1.165, 1.54) is 60.7 Å². The van der Waals surface area contributed by atoms with E-state index in [1.54, 1.807) is 0 Å². The van der Waals surface area contributed by atoms with Crippen LogP contribution in [0.3, 0.4) is 0 Å². The summed E-state index contributed by atoms with van der Waals surface area (Å²) >= 11 is 5.18. The van der Waals surface area contributed by atoms with Gasteiger partial charge in [-0.15, -0.1) is 0 Å². The number of H-pyrrole nitrogens is 1. The number of thiocarbonyl (C=S) groups is 1. The average molecular weight is 273 g/mol. The van der Waals surface area contributed by atoms with Crippen molar-refractivity contribution in [3.05, 3.63) is 35.5 Å². The predicted octanol–water partition coefficient (Wildman–Crippen LogP) is 5.42. The molecule has 0 aliphatic carbocycles. The summed E-state index contributed by atoms with van der Waals surface area (Å²) in [5, 5.41) is 3.09. The maximum Gasteiger partial charge on any atom is 0.0462 e. The van der Waals surface area contributed by atoms with E-state index >= 15 is 0 Å². The molecule has 1 aromatic carbocycles. The van der Waals surface area contributed by atoms with Gasteiger partial charge in [-0.25, -0.2) is 0 Å². The Bertz CT molecular complexity index is 527. The Morgan fingerprint density at radius 2 is 1.79 bits per heavy atom. The number of aromatic nitrogens is 1. The van der Waals surface area contributed by atoms with Crippen molar-refractivity contribution in [3.8, 4) is 0 Å². The molecule has 1 aromatic heterocycles. The molecule has 0 saturated heterocycles. The van der Waals surface area contributed by atoms with Crippen LogP contribution >= 0.6 is 12.2 Å². The zero-order valence-corrected chi connectivity index (χ0v) is 12.6. The van der Waals surface area contributed by atoms with Gasteiger partial charge in [0.1, 0.15) is 0 Å². The molecule has 1 N–H and O–H groups in total. The number of rotatable bonds is 8. The Hall–Kier alpha value is -1.15. The molecule has 0 fully saturated rings. The van der Waals surface area contributed by atoms with Gasteiger partial charge in [-0.3, -0.25) is 0 Å². The van der Waals surface area contributed by atoms with Crippen LogP contribution in [-0.4, -0.2) is 10.4 Å². The van der Waals surface area contributed by atoms with E-state index in [0.29, 0.717) is 0 Å². The van der Waals surface area contributed by atoms with Crippen molar-refractivity contribution in [1.82, 2.24) is 4.98 Å². The molecule has 2 aromatic rings. The molecule has 0 bridgehead atoms. The van der Waals surface area contributed by atoms with Crippen LogP contribution in [0.1, 0.15) is 56.7 Å². The third-order valence-corrected chi connectivity index (χ3v) is 3.96. The smallest absolute Gasteiger partial charge is 0.0462 e. The minimum Gasteiger partial charge on any atom is -0.358 e. The second-order valence-corrected chi connectivity index (χ2v) is 5.43. The van der Waals surface area contributed by atoms with Crippen LogP contribution in [0, 0.1) is 0 Å². The van der Waals surface area contributed by atoms with Crippen molar-refractivity contribution in [2.45, 2.75) is 51.9 Å². The number of aryl methyl sites for hydroxylation is 1. The molecule has 0 unspecified atom stereocenters. The van der Waals surface area contributed by atoms with Gasteiger partial charge in [-0.05, 0) is 18.9 Å². The fourth-order valence-corrected chi connectivity index (χ4v) is 2.90. The first kappa shape index (κ1) is 14.3. The van der Waals surface area contributed by atoms with Gasteiger partial charge in [-0.2, -0.15) is 0 Å². The van der Waals surface area contributed by atoms with Gasteiger partial charge in [0, 0.05) is 27.5 Å². The molecule has 0 radical (unpaired) electrons. The van der Waals surface area contributed by atoms with E-state index in [2.05, 4.69) is 36.2 Å². The number of hydrogen-bond donors (Lipinski definition) is 1. The standard InChI is InChI=1S/C17H23NS/c1-2-3-4-5-6-7-11-17-15(13-19)14-10-8-9-12-16(14)18-17/h8-10,12-13,18H,2-7,11H2,1H3. The lowest BCUT2D eigenvalue weighted by atomic mass is 10.1. The van der Waals surface area contributed by atoms with Gasteiger partial charge in [0.2, 0.25) is 0 Å². The summed E-state index contributed by atoms with van der Waals surface area (Å²) in [5.74, 6) is 0. The maximum atomic E-state index is 5.18. The van der Waals surface area contributed by atoms with Gasteiger partial charge < -0.3 is 4.98 Å². The molecule has 2 rings (SSSR count). The fraction of sp³-hybridized carbons (Fsp3) is 0.471. The summed E-state index contributed by atoms with van der Waals surface area (Å²) in [4.78, 5) is 3.52. The summed E-state index contributed by atoms with van der Waals surface area (Å²) in [6, 6.07) is 8.42. The Balaban J connectivity index is 1.94. The Morgan fingerprint density at radius 1 is 1.05 bits per heavy atom. The first-order chi connectivity index (χ1) is 9.36. The number of hydrogen-bond acceptors (Lipinski definition) is 1. The second-order valence-electron chi connectivity index (χ2n) is 5.20. The van der Waals surface area contributed by atoms with Crippen LogP contribution in [-0.2, 0) is 6.42 Å². The molecule has 0 spiro atoms. The second kappa shape index (κ2) is 7.44. The van der Waals surface area contributed by atoms with Crippen LogP contribution in [0.25, 0.3) is 10.9 Å². The van der Waals surface area contributed by atoms with Gasteiger partial charge in [0.25, 0.3) is 0 Å². The van der Waals surface area contributed by atoms with E-state index < -0.39 is 0 Å². The molecule has 0 amide bonds. The molecule has 1 nitrogen and oxygen atoms in total. The van der Waals surface area contributed by atoms with Crippen LogP contribution < -0.4 is 0 Å². The highest BCUT2D eigenvalue weighted by Crippen LogP contribution is 2.22. The fourth-order valence-electron chi connectivity index (χ4n) is 2.63. The highest BCUT2D eigenvalue weighted by Gasteiger charge is 2.08. The van der Waals surface area contributed by atoms with E-state index in [9.17, 15) is 0 Å². The van der Waals surface area contributed by atoms with E-state index in [-0.39, 0.29) is 0 Å². The van der Waals surface area contributed by atoms with Crippen molar-refractivity contribution in [2.24, 2.45) is 0 Å². The molecule has 19 heavy (non-hydrogen) atoms. The summed E-state index contributed by atoms with van der Waals surface area (Å²) in [6.07, 6.45) is 9.13. The van der Waals surface area contributed by atoms with Gasteiger partial charge in [-0.1, -0.05) is 69.4 Å². The number of fused-ring (bicyclic) bond motifs is 1. The summed E-state index contributed by atoms with van der Waals surface area (Å²) in [7, 11) is 0. The van der Waals surface area contributed by atoms with E-state index in [0.717, 1.165) is 6.42 Å². The topological polar surface area (TPSA) is 15.8 Å². The third-order valence-electron chi connectivity index (χ3n) is 3.73. The predicted molar refractivity (Wildman–Crippen MR) is 88.1 cm³/mol. The first-order valence-corrected chi connectivity index (χ1v) is 7.88. The highest BCUT2D eigenvalue weighted by atomic mass is 32.1. The normalized spacial score (nSPS) is 11.0. The molecule has 102 valence electrons. The van der Waals surface area contributed by atoms with Crippen molar-refractivity contribution < 1.29 is 0 Å². The van der Waals surface area contributed by atoms with Gasteiger partial charge in [0.05, 0.1) is 0 Å². The summed E-state index contributed by atoms with van der Waals surface area (Å²) in [6.45, 7) is 2.26. The molecule has 0 atom stereocenters. The highest BCUT2D eigenvalue weighted by molar-refractivity contribution is 7.79. The lowest BCUT2D eigenvalue weighted by molar-refractivity contribution is 0.605. The zero-order valence-electron chi connectivity index (χ0n) is 11.7. The lowest BCUT2D eigenvalue weighted by Crippen LogP contribution is -1.91. The Morgan fingerprint density at radius 3 is 2.58 bits per heavy atom. The minimum atomic E-state index is 1.11. The monoisotopic (exact) mass is 273 g/mol. The molecule has 2 heteroatoms. The number of para-hydroxylation sites is 1. The summed E-state index contributed by atoms with van der Waals surface area (Å²) < 4.78 is 0. The molecule has 1 heterocycles. The van der Waals surface area contributed by atoms with E-state index in [1.807, 2.05) is 5.37 Å². The van der Waals surface area contributed by atoms with Crippen LogP contribution in [0.4, 0.5) is 0 Å². The van der Waals surface area contributed by atoms with Gasteiger partial charge in [0.15, 0.2) is 0 Å². The Kier molecular flexibility index (Phi) is 5.59. The third kappa shape index (κ3) is 3.66. The van der Waals surface area contributed by atoms with Crippen LogP contribution in [0.5, 0.6) is 0 Å². The van der Waals surface area contributed by atoms with Crippen molar-refractivity contribution in [1.29, 1.82) is 0 Å². The molecular formula is C17H23NS. The molecule has 0 aliphatic heterocycles. The number of unbranched alkanes of at least 4 members (excludes halogenated alkanes) is 5.